The number of aliphatic hydroxyl groups excluding tert-OH is 2. The van der Waals surface area contributed by atoms with Gasteiger partial charge in [0.05, 0.1) is 36.6 Å². The van der Waals surface area contributed by atoms with Crippen LogP contribution in [0.3, 0.4) is 0 Å². The predicted octanol–water partition coefficient (Wildman–Crippen LogP) is 1.97. The fourth-order valence-corrected chi connectivity index (χ4v) is 7.07. The third kappa shape index (κ3) is 6.23. The number of nitrogens with zero attached hydrogens (tertiary/aromatic N) is 3. The van der Waals surface area contributed by atoms with Gasteiger partial charge in [-0.15, -0.1) is 11.3 Å². The van der Waals surface area contributed by atoms with E-state index in [4.69, 9.17) is 4.74 Å². The molecule has 3 aromatic rings. The van der Waals surface area contributed by atoms with Gasteiger partial charge in [0.25, 0.3) is 10.0 Å². The zero-order chi connectivity index (χ0) is 25.6. The average molecular weight is 535 g/mol. The Hall–Kier alpha value is -2.12. The number of hydrogen-bond donors (Lipinski definition) is 3. The molecule has 9 nitrogen and oxygen atoms in total. The van der Waals surface area contributed by atoms with Crippen LogP contribution in [0.5, 0.6) is 0 Å². The van der Waals surface area contributed by atoms with E-state index in [9.17, 15) is 18.6 Å². The van der Waals surface area contributed by atoms with Gasteiger partial charge in [0.2, 0.25) is 0 Å². The van der Waals surface area contributed by atoms with E-state index in [0.717, 1.165) is 23.4 Å². The number of aliphatic hydroxyl groups is 2. The molecule has 2 aromatic heterocycles. The Labute approximate surface area is 216 Å². The normalized spacial score (nSPS) is 16.9. The first-order chi connectivity index (χ1) is 17.4. The van der Waals surface area contributed by atoms with Gasteiger partial charge in [-0.05, 0) is 23.8 Å². The van der Waals surface area contributed by atoms with Crippen molar-refractivity contribution in [1.29, 1.82) is 0 Å². The standard InChI is InChI=1S/C25H34N4O5S2/c1-25(19-31,20-5-3-2-4-6-20)18-26-23-8-7-22-21(27-23)17-24(35-22)36(32,33)29(11-14-30)10-9-28-12-15-34-16-13-28/h2-8,17,30-31H,9-16,18-19H2,1H3,(H,26,27). The van der Waals surface area contributed by atoms with Crippen molar-refractivity contribution in [3.8, 4) is 0 Å². The predicted molar refractivity (Wildman–Crippen MR) is 142 cm³/mol. The highest BCUT2D eigenvalue weighted by molar-refractivity contribution is 7.91. The number of ether oxygens (including phenoxy) is 1. The fourth-order valence-electron chi connectivity index (χ4n) is 4.17. The van der Waals surface area contributed by atoms with E-state index in [1.54, 1.807) is 6.07 Å². The number of nitrogens with one attached hydrogen (secondary N) is 1. The lowest BCUT2D eigenvalue weighted by atomic mass is 9.83. The van der Waals surface area contributed by atoms with Crippen molar-refractivity contribution < 1.29 is 23.4 Å². The Morgan fingerprint density at radius 1 is 1.14 bits per heavy atom. The van der Waals surface area contributed by atoms with Crippen LogP contribution in [-0.4, -0.2) is 98.5 Å². The van der Waals surface area contributed by atoms with E-state index in [0.29, 0.717) is 44.2 Å². The smallest absolute Gasteiger partial charge is 0.252 e. The fraction of sp³-hybridized carbons (Fsp3) is 0.480. The lowest BCUT2D eigenvalue weighted by molar-refractivity contribution is 0.0359. The SMILES string of the molecule is CC(CO)(CNc1ccc2sc(S(=O)(=O)N(CCO)CCN3CCOCC3)cc2n1)c1ccccc1. The molecule has 0 aliphatic carbocycles. The lowest BCUT2D eigenvalue weighted by Gasteiger charge is -2.29. The Kier molecular flexibility index (Phi) is 8.94. The number of hydrogen-bond acceptors (Lipinski definition) is 9. The molecule has 1 aliphatic rings. The van der Waals surface area contributed by atoms with Crippen LogP contribution in [0.25, 0.3) is 10.2 Å². The summed E-state index contributed by atoms with van der Waals surface area (Å²) in [6.45, 7) is 5.94. The molecule has 11 heteroatoms. The summed E-state index contributed by atoms with van der Waals surface area (Å²) in [5.74, 6) is 0.611. The van der Waals surface area contributed by atoms with Gasteiger partial charge in [-0.2, -0.15) is 4.31 Å². The minimum atomic E-state index is -3.77. The van der Waals surface area contributed by atoms with Crippen molar-refractivity contribution >= 4 is 37.4 Å². The molecule has 0 spiro atoms. The van der Waals surface area contributed by atoms with Gasteiger partial charge >= 0.3 is 0 Å². The molecule has 0 amide bonds. The lowest BCUT2D eigenvalue weighted by Crippen LogP contribution is -2.43. The molecule has 1 atom stereocenters. The molecule has 1 fully saturated rings. The maximum Gasteiger partial charge on any atom is 0.252 e. The first kappa shape index (κ1) is 26.9. The molecule has 3 N–H and O–H groups in total. The topological polar surface area (TPSA) is 115 Å². The Balaban J connectivity index is 1.48. The van der Waals surface area contributed by atoms with E-state index in [2.05, 4.69) is 15.2 Å². The van der Waals surface area contributed by atoms with Gasteiger partial charge in [0.1, 0.15) is 10.0 Å². The number of pyridine rings is 1. The van der Waals surface area contributed by atoms with Crippen LogP contribution in [0.2, 0.25) is 0 Å². The van der Waals surface area contributed by atoms with E-state index in [1.165, 1.54) is 15.6 Å². The van der Waals surface area contributed by atoms with Crippen molar-refractivity contribution in [1.82, 2.24) is 14.2 Å². The maximum atomic E-state index is 13.4. The minimum Gasteiger partial charge on any atom is -0.395 e. The molecule has 4 rings (SSSR count). The van der Waals surface area contributed by atoms with Crippen molar-refractivity contribution in [3.63, 3.8) is 0 Å². The summed E-state index contributed by atoms with van der Waals surface area (Å²) < 4.78 is 34.5. The molecular weight excluding hydrogens is 500 g/mol. The number of aromatic nitrogens is 1. The Bertz CT molecular complexity index is 1230. The van der Waals surface area contributed by atoms with Crippen molar-refractivity contribution in [2.45, 2.75) is 16.5 Å². The second-order valence-corrected chi connectivity index (χ2v) is 12.4. The van der Waals surface area contributed by atoms with Gasteiger partial charge in [0, 0.05) is 44.7 Å². The monoisotopic (exact) mass is 534 g/mol. The number of rotatable bonds is 12. The van der Waals surface area contributed by atoms with Crippen molar-refractivity contribution in [2.75, 3.05) is 71.0 Å². The van der Waals surface area contributed by atoms with E-state index < -0.39 is 15.4 Å². The highest BCUT2D eigenvalue weighted by atomic mass is 32.2. The van der Waals surface area contributed by atoms with Crippen LogP contribution in [0.15, 0.2) is 52.7 Å². The number of thiophene rings is 1. The summed E-state index contributed by atoms with van der Waals surface area (Å²) in [7, 11) is -3.77. The molecule has 1 saturated heterocycles. The first-order valence-corrected chi connectivity index (χ1v) is 14.3. The van der Waals surface area contributed by atoms with Crippen LogP contribution < -0.4 is 5.32 Å². The zero-order valence-electron chi connectivity index (χ0n) is 20.5. The summed E-state index contributed by atoms with van der Waals surface area (Å²) >= 11 is 1.18. The molecule has 1 aromatic carbocycles. The number of fused-ring (bicyclic) bond motifs is 1. The molecule has 3 heterocycles. The summed E-state index contributed by atoms with van der Waals surface area (Å²) in [6, 6.07) is 15.1. The average Bonchev–Trinajstić information content (AvgIpc) is 3.35. The maximum absolute atomic E-state index is 13.4. The van der Waals surface area contributed by atoms with Crippen molar-refractivity contribution in [3.05, 3.63) is 54.1 Å². The second-order valence-electron chi connectivity index (χ2n) is 9.17. The number of morpholine rings is 1. The number of sulfonamides is 1. The second kappa shape index (κ2) is 12.0. The zero-order valence-corrected chi connectivity index (χ0v) is 22.1. The summed E-state index contributed by atoms with van der Waals surface area (Å²) in [4.78, 5) is 6.80. The van der Waals surface area contributed by atoms with Gasteiger partial charge in [0.15, 0.2) is 0 Å². The molecule has 36 heavy (non-hydrogen) atoms. The molecule has 196 valence electrons. The molecular formula is C25H34N4O5S2. The van der Waals surface area contributed by atoms with Crippen LogP contribution in [-0.2, 0) is 20.2 Å². The van der Waals surface area contributed by atoms with Crippen LogP contribution in [0.1, 0.15) is 12.5 Å². The van der Waals surface area contributed by atoms with Crippen LogP contribution >= 0.6 is 11.3 Å². The summed E-state index contributed by atoms with van der Waals surface area (Å²) in [5, 5.41) is 22.9. The minimum absolute atomic E-state index is 0.0295. The summed E-state index contributed by atoms with van der Waals surface area (Å²) in [5.41, 5.74) is 1.11. The molecule has 1 aliphatic heterocycles. The van der Waals surface area contributed by atoms with Gasteiger partial charge in [-0.1, -0.05) is 37.3 Å². The first-order valence-electron chi connectivity index (χ1n) is 12.1. The Morgan fingerprint density at radius 2 is 1.89 bits per heavy atom. The van der Waals surface area contributed by atoms with Gasteiger partial charge in [-0.25, -0.2) is 13.4 Å². The van der Waals surface area contributed by atoms with Gasteiger partial charge in [-0.3, -0.25) is 4.90 Å². The van der Waals surface area contributed by atoms with Gasteiger partial charge < -0.3 is 20.3 Å². The molecule has 0 radical (unpaired) electrons. The third-order valence-corrected chi connectivity index (χ3v) is 9.98. The van der Waals surface area contributed by atoms with Crippen molar-refractivity contribution in [2.24, 2.45) is 0 Å². The van der Waals surface area contributed by atoms with E-state index >= 15 is 0 Å². The molecule has 0 bridgehead atoms. The highest BCUT2D eigenvalue weighted by Crippen LogP contribution is 2.31. The quantitative estimate of drug-likeness (QED) is 0.323. The number of benzene rings is 1. The van der Waals surface area contributed by atoms with Crippen LogP contribution in [0, 0.1) is 0 Å². The summed E-state index contributed by atoms with van der Waals surface area (Å²) in [6.07, 6.45) is 0. The highest BCUT2D eigenvalue weighted by Gasteiger charge is 2.28. The third-order valence-electron chi connectivity index (χ3n) is 6.54. The number of anilines is 1. The van der Waals surface area contributed by atoms with E-state index in [1.807, 2.05) is 49.4 Å². The largest absolute Gasteiger partial charge is 0.395 e. The Morgan fingerprint density at radius 3 is 2.58 bits per heavy atom. The van der Waals surface area contributed by atoms with E-state index in [-0.39, 0.29) is 24.0 Å². The van der Waals surface area contributed by atoms with Crippen LogP contribution in [0.4, 0.5) is 5.82 Å². The molecule has 0 saturated carbocycles. The molecule has 1 unspecified atom stereocenters.